The predicted molar refractivity (Wildman–Crippen MR) is 62.4 cm³/mol. The van der Waals surface area contributed by atoms with Gasteiger partial charge in [0.2, 0.25) is 0 Å². The zero-order valence-electron chi connectivity index (χ0n) is 10.1. The van der Waals surface area contributed by atoms with Crippen molar-refractivity contribution >= 4 is 0 Å². The molecule has 0 aromatic heterocycles. The Hall–Kier alpha value is -0.200. The maximum atomic E-state index is 9.81. The molecule has 1 saturated heterocycles. The first kappa shape index (κ1) is 13.9. The van der Waals surface area contributed by atoms with Crippen LogP contribution in [0.25, 0.3) is 0 Å². The van der Waals surface area contributed by atoms with Gasteiger partial charge in [-0.1, -0.05) is 6.92 Å². The molecule has 1 fully saturated rings. The summed E-state index contributed by atoms with van der Waals surface area (Å²) < 4.78 is 5.24. The Morgan fingerprint density at radius 1 is 1.38 bits per heavy atom. The Kier molecular flexibility index (Phi) is 6.91. The lowest BCUT2D eigenvalue weighted by Gasteiger charge is -2.29. The molecule has 1 aliphatic heterocycles. The zero-order valence-corrected chi connectivity index (χ0v) is 10.1. The molecular weight excluding hydrogens is 208 g/mol. The van der Waals surface area contributed by atoms with E-state index in [0.29, 0.717) is 13.1 Å². The Bertz CT molecular complexity index is 171. The average Bonchev–Trinajstić information content (AvgIpc) is 2.31. The number of hydrogen-bond donors (Lipinski definition) is 3. The van der Waals surface area contributed by atoms with E-state index >= 15 is 0 Å². The Morgan fingerprint density at radius 2 is 2.06 bits per heavy atom. The Labute approximate surface area is 97.4 Å². The largest absolute Gasteiger partial charge is 0.395 e. The molecule has 0 saturated carbocycles. The van der Waals surface area contributed by atoms with Crippen molar-refractivity contribution in [1.82, 2.24) is 10.2 Å². The van der Waals surface area contributed by atoms with Gasteiger partial charge < -0.3 is 20.3 Å². The van der Waals surface area contributed by atoms with Crippen LogP contribution in [0, 0.1) is 0 Å². The monoisotopic (exact) mass is 232 g/mol. The highest BCUT2D eigenvalue weighted by atomic mass is 16.5. The molecule has 1 heterocycles. The summed E-state index contributed by atoms with van der Waals surface area (Å²) in [5, 5.41) is 22.0. The van der Waals surface area contributed by atoms with Gasteiger partial charge in [-0.3, -0.25) is 4.90 Å². The standard InChI is InChI=1S/C11H24N2O3/c1-2-10(9-14)12-7-11(15)8-13-3-5-16-6-4-13/h10-12,14-15H,2-9H2,1H3. The number of β-amino-alcohol motifs (C(OH)–C–C–N with tert-alkyl or cyclic N) is 1. The molecule has 0 spiro atoms. The number of morpholine rings is 1. The zero-order chi connectivity index (χ0) is 11.8. The SMILES string of the molecule is CCC(CO)NCC(O)CN1CCOCC1. The van der Waals surface area contributed by atoms with E-state index in [4.69, 9.17) is 9.84 Å². The summed E-state index contributed by atoms with van der Waals surface area (Å²) in [6.07, 6.45) is 0.500. The van der Waals surface area contributed by atoms with Gasteiger partial charge in [0.25, 0.3) is 0 Å². The second-order valence-corrected chi connectivity index (χ2v) is 4.26. The van der Waals surface area contributed by atoms with Crippen molar-refractivity contribution in [2.45, 2.75) is 25.5 Å². The van der Waals surface area contributed by atoms with Crippen molar-refractivity contribution in [3.63, 3.8) is 0 Å². The topological polar surface area (TPSA) is 65.0 Å². The summed E-state index contributed by atoms with van der Waals surface area (Å²) in [6, 6.07) is 0.0966. The number of aliphatic hydroxyl groups is 2. The van der Waals surface area contributed by atoms with Crippen LogP contribution in [0.3, 0.4) is 0 Å². The van der Waals surface area contributed by atoms with Gasteiger partial charge in [0.05, 0.1) is 25.9 Å². The van der Waals surface area contributed by atoms with E-state index in [2.05, 4.69) is 10.2 Å². The molecule has 5 nitrogen and oxygen atoms in total. The number of ether oxygens (including phenoxy) is 1. The number of nitrogens with one attached hydrogen (secondary N) is 1. The molecule has 2 atom stereocenters. The van der Waals surface area contributed by atoms with Crippen molar-refractivity contribution in [3.8, 4) is 0 Å². The number of rotatable bonds is 7. The van der Waals surface area contributed by atoms with Gasteiger partial charge >= 0.3 is 0 Å². The van der Waals surface area contributed by atoms with Crippen LogP contribution in [0.1, 0.15) is 13.3 Å². The molecule has 0 aliphatic carbocycles. The summed E-state index contributed by atoms with van der Waals surface area (Å²) in [5.74, 6) is 0. The summed E-state index contributed by atoms with van der Waals surface area (Å²) >= 11 is 0. The van der Waals surface area contributed by atoms with E-state index in [1.54, 1.807) is 0 Å². The van der Waals surface area contributed by atoms with Gasteiger partial charge in [0, 0.05) is 32.2 Å². The van der Waals surface area contributed by atoms with E-state index in [-0.39, 0.29) is 18.8 Å². The summed E-state index contributed by atoms with van der Waals surface area (Å²) in [5.41, 5.74) is 0. The lowest BCUT2D eigenvalue weighted by Crippen LogP contribution is -2.45. The van der Waals surface area contributed by atoms with Gasteiger partial charge in [-0.15, -0.1) is 0 Å². The average molecular weight is 232 g/mol. The van der Waals surface area contributed by atoms with Gasteiger partial charge in [-0.25, -0.2) is 0 Å². The molecule has 0 amide bonds. The third-order valence-corrected chi connectivity index (χ3v) is 2.93. The molecule has 2 unspecified atom stereocenters. The minimum Gasteiger partial charge on any atom is -0.395 e. The highest BCUT2D eigenvalue weighted by Gasteiger charge is 2.15. The molecule has 0 aromatic carbocycles. The lowest BCUT2D eigenvalue weighted by molar-refractivity contribution is 0.0141. The summed E-state index contributed by atoms with van der Waals surface area (Å²) in [4.78, 5) is 2.20. The molecule has 1 rings (SSSR count). The lowest BCUT2D eigenvalue weighted by atomic mass is 10.2. The Morgan fingerprint density at radius 3 is 2.62 bits per heavy atom. The highest BCUT2D eigenvalue weighted by molar-refractivity contribution is 4.71. The minimum absolute atomic E-state index is 0.0966. The third kappa shape index (κ3) is 5.23. The minimum atomic E-state index is -0.376. The summed E-state index contributed by atoms with van der Waals surface area (Å²) in [6.45, 7) is 6.67. The van der Waals surface area contributed by atoms with Crippen LogP contribution in [-0.2, 0) is 4.74 Å². The van der Waals surface area contributed by atoms with Crippen LogP contribution in [0.5, 0.6) is 0 Å². The third-order valence-electron chi connectivity index (χ3n) is 2.93. The van der Waals surface area contributed by atoms with E-state index in [9.17, 15) is 5.11 Å². The molecule has 16 heavy (non-hydrogen) atoms. The first-order valence-corrected chi connectivity index (χ1v) is 6.08. The molecule has 1 aliphatic rings. The van der Waals surface area contributed by atoms with Crippen LogP contribution in [0.2, 0.25) is 0 Å². The van der Waals surface area contributed by atoms with Gasteiger partial charge in [-0.2, -0.15) is 0 Å². The van der Waals surface area contributed by atoms with E-state index in [1.165, 1.54) is 0 Å². The normalized spacial score (nSPS) is 21.9. The van der Waals surface area contributed by atoms with Crippen LogP contribution >= 0.6 is 0 Å². The fourth-order valence-corrected chi connectivity index (χ4v) is 1.79. The van der Waals surface area contributed by atoms with Crippen molar-refractivity contribution in [3.05, 3.63) is 0 Å². The fraction of sp³-hybridized carbons (Fsp3) is 1.00. The predicted octanol–water partition coefficient (Wildman–Crippen LogP) is -0.960. The quantitative estimate of drug-likeness (QED) is 0.528. The molecule has 0 aromatic rings. The molecular formula is C11H24N2O3. The van der Waals surface area contributed by atoms with Crippen molar-refractivity contribution in [2.75, 3.05) is 46.0 Å². The molecule has 96 valence electrons. The van der Waals surface area contributed by atoms with E-state index in [0.717, 1.165) is 32.7 Å². The van der Waals surface area contributed by atoms with Gasteiger partial charge in [0.1, 0.15) is 0 Å². The Balaban J connectivity index is 2.11. The maximum Gasteiger partial charge on any atom is 0.0791 e. The number of aliphatic hydroxyl groups excluding tert-OH is 2. The molecule has 3 N–H and O–H groups in total. The fourth-order valence-electron chi connectivity index (χ4n) is 1.79. The van der Waals surface area contributed by atoms with Crippen LogP contribution in [0.4, 0.5) is 0 Å². The van der Waals surface area contributed by atoms with E-state index < -0.39 is 0 Å². The second kappa shape index (κ2) is 7.97. The maximum absolute atomic E-state index is 9.81. The number of nitrogens with zero attached hydrogens (tertiary/aromatic N) is 1. The first-order valence-electron chi connectivity index (χ1n) is 6.08. The smallest absolute Gasteiger partial charge is 0.0791 e. The van der Waals surface area contributed by atoms with Gasteiger partial charge in [-0.05, 0) is 6.42 Å². The molecule has 0 bridgehead atoms. The van der Waals surface area contributed by atoms with Crippen LogP contribution in [0.15, 0.2) is 0 Å². The second-order valence-electron chi connectivity index (χ2n) is 4.26. The molecule has 5 heteroatoms. The van der Waals surface area contributed by atoms with Crippen molar-refractivity contribution in [2.24, 2.45) is 0 Å². The highest BCUT2D eigenvalue weighted by Crippen LogP contribution is 1.98. The first-order chi connectivity index (χ1) is 7.76. The van der Waals surface area contributed by atoms with Crippen LogP contribution in [-0.4, -0.2) is 73.3 Å². The van der Waals surface area contributed by atoms with E-state index in [1.807, 2.05) is 6.92 Å². The summed E-state index contributed by atoms with van der Waals surface area (Å²) in [7, 11) is 0. The van der Waals surface area contributed by atoms with Crippen LogP contribution < -0.4 is 5.32 Å². The number of hydrogen-bond acceptors (Lipinski definition) is 5. The molecule has 0 radical (unpaired) electrons. The van der Waals surface area contributed by atoms with Gasteiger partial charge in [0.15, 0.2) is 0 Å². The van der Waals surface area contributed by atoms with Crippen molar-refractivity contribution < 1.29 is 14.9 Å². The van der Waals surface area contributed by atoms with Crippen molar-refractivity contribution in [1.29, 1.82) is 0 Å².